The summed E-state index contributed by atoms with van der Waals surface area (Å²) in [5.41, 5.74) is 4.50. The van der Waals surface area contributed by atoms with Crippen LogP contribution < -0.4 is 5.73 Å². The first kappa shape index (κ1) is 12.3. The van der Waals surface area contributed by atoms with E-state index in [1.165, 1.54) is 0 Å². The maximum absolute atomic E-state index is 13.0. The first-order valence-corrected chi connectivity index (χ1v) is 5.66. The summed E-state index contributed by atoms with van der Waals surface area (Å²) in [7, 11) is 0. The highest BCUT2D eigenvalue weighted by Gasteiger charge is 2.42. The first-order valence-electron chi connectivity index (χ1n) is 5.66. The molecule has 0 aromatic carbocycles. The molecule has 2 rings (SSSR count). The van der Waals surface area contributed by atoms with Gasteiger partial charge in [0.25, 0.3) is 0 Å². The van der Waals surface area contributed by atoms with E-state index in [4.69, 9.17) is 5.73 Å². The van der Waals surface area contributed by atoms with Crippen LogP contribution >= 0.6 is 0 Å². The lowest BCUT2D eigenvalue weighted by molar-refractivity contribution is -0.145. The second-order valence-electron chi connectivity index (χ2n) is 4.44. The van der Waals surface area contributed by atoms with Crippen LogP contribution in [0.2, 0.25) is 0 Å². The lowest BCUT2D eigenvalue weighted by Gasteiger charge is -2.16. The van der Waals surface area contributed by atoms with Crippen molar-refractivity contribution in [3.05, 3.63) is 11.4 Å². The highest BCUT2D eigenvalue weighted by Crippen LogP contribution is 2.42. The Morgan fingerprint density at radius 3 is 2.59 bits per heavy atom. The fourth-order valence-corrected chi connectivity index (χ4v) is 1.99. The van der Waals surface area contributed by atoms with E-state index in [0.29, 0.717) is 5.92 Å². The first-order chi connectivity index (χ1) is 7.95. The molecule has 1 aliphatic rings. The number of hydrogen-bond donors (Lipinski definition) is 1. The van der Waals surface area contributed by atoms with Gasteiger partial charge in [-0.3, -0.25) is 0 Å². The number of nitrogens with zero attached hydrogens (tertiary/aromatic N) is 3. The molecule has 1 fully saturated rings. The number of hydrogen-bond acceptors (Lipinski definition) is 3. The van der Waals surface area contributed by atoms with Crippen molar-refractivity contribution in [1.82, 2.24) is 15.0 Å². The van der Waals surface area contributed by atoms with Gasteiger partial charge in [0.15, 0.2) is 5.69 Å². The van der Waals surface area contributed by atoms with E-state index in [1.807, 2.05) is 0 Å². The maximum Gasteiger partial charge on any atom is 0.434 e. The minimum Gasteiger partial charge on any atom is -0.330 e. The summed E-state index contributed by atoms with van der Waals surface area (Å²) in [6.45, 7) is 1.90. The lowest BCUT2D eigenvalue weighted by Crippen LogP contribution is -2.21. The SMILES string of the molecule is CC(C1CC1)n1nnc(CCN)c1C(F)(F)F. The van der Waals surface area contributed by atoms with Crippen molar-refractivity contribution in [2.24, 2.45) is 11.7 Å². The second-order valence-corrected chi connectivity index (χ2v) is 4.44. The second kappa shape index (κ2) is 4.29. The summed E-state index contributed by atoms with van der Waals surface area (Å²) < 4.78 is 39.9. The fraction of sp³-hybridized carbons (Fsp3) is 0.800. The molecule has 0 bridgehead atoms. The zero-order chi connectivity index (χ0) is 12.6. The van der Waals surface area contributed by atoms with Gasteiger partial charge in [0, 0.05) is 6.42 Å². The molecule has 2 N–H and O–H groups in total. The molecular weight excluding hydrogens is 233 g/mol. The van der Waals surface area contributed by atoms with Crippen LogP contribution in [-0.2, 0) is 12.6 Å². The molecule has 17 heavy (non-hydrogen) atoms. The number of aromatic nitrogens is 3. The van der Waals surface area contributed by atoms with Crippen LogP contribution in [0.25, 0.3) is 0 Å². The van der Waals surface area contributed by atoms with E-state index in [0.717, 1.165) is 17.5 Å². The number of nitrogens with two attached hydrogens (primary N) is 1. The van der Waals surface area contributed by atoms with Crippen molar-refractivity contribution in [3.63, 3.8) is 0 Å². The molecule has 1 aromatic rings. The molecule has 1 atom stereocenters. The molecule has 1 aliphatic carbocycles. The average Bonchev–Trinajstić information content (AvgIpc) is 2.97. The third kappa shape index (κ3) is 2.43. The zero-order valence-corrected chi connectivity index (χ0v) is 9.54. The Bertz CT molecular complexity index is 395. The monoisotopic (exact) mass is 248 g/mol. The van der Waals surface area contributed by atoms with E-state index >= 15 is 0 Å². The summed E-state index contributed by atoms with van der Waals surface area (Å²) in [5, 5.41) is 7.27. The normalized spacial score (nSPS) is 18.4. The highest BCUT2D eigenvalue weighted by molar-refractivity contribution is 5.15. The minimum absolute atomic E-state index is 0.0486. The molecule has 1 aromatic heterocycles. The molecule has 7 heteroatoms. The molecule has 1 heterocycles. The molecule has 0 radical (unpaired) electrons. The Balaban J connectivity index is 2.37. The smallest absolute Gasteiger partial charge is 0.330 e. The summed E-state index contributed by atoms with van der Waals surface area (Å²) >= 11 is 0. The van der Waals surface area contributed by atoms with Gasteiger partial charge in [-0.2, -0.15) is 13.2 Å². The maximum atomic E-state index is 13.0. The average molecular weight is 248 g/mol. The topological polar surface area (TPSA) is 56.7 Å². The quantitative estimate of drug-likeness (QED) is 0.883. The van der Waals surface area contributed by atoms with Gasteiger partial charge in [0.05, 0.1) is 11.7 Å². The van der Waals surface area contributed by atoms with Crippen LogP contribution in [-0.4, -0.2) is 21.5 Å². The third-order valence-corrected chi connectivity index (χ3v) is 3.10. The van der Waals surface area contributed by atoms with Crippen LogP contribution in [0.5, 0.6) is 0 Å². The Morgan fingerprint density at radius 2 is 2.12 bits per heavy atom. The van der Waals surface area contributed by atoms with Crippen LogP contribution in [0.15, 0.2) is 0 Å². The molecule has 0 aliphatic heterocycles. The van der Waals surface area contributed by atoms with Crippen molar-refractivity contribution in [2.75, 3.05) is 6.54 Å². The van der Waals surface area contributed by atoms with Gasteiger partial charge in [0.1, 0.15) is 0 Å². The summed E-state index contributed by atoms with van der Waals surface area (Å²) in [6, 6.07) is -0.245. The molecular formula is C10H15F3N4. The molecule has 0 spiro atoms. The minimum atomic E-state index is -4.42. The number of alkyl halides is 3. The van der Waals surface area contributed by atoms with Gasteiger partial charge < -0.3 is 5.73 Å². The number of halogens is 3. The van der Waals surface area contributed by atoms with Crippen LogP contribution in [0.1, 0.15) is 37.2 Å². The zero-order valence-electron chi connectivity index (χ0n) is 9.54. The van der Waals surface area contributed by atoms with Crippen molar-refractivity contribution < 1.29 is 13.2 Å². The fourth-order valence-electron chi connectivity index (χ4n) is 1.99. The van der Waals surface area contributed by atoms with Gasteiger partial charge in [-0.25, -0.2) is 4.68 Å². The Morgan fingerprint density at radius 1 is 1.47 bits per heavy atom. The Hall–Kier alpha value is -1.11. The Labute approximate surface area is 97.0 Å². The molecule has 96 valence electrons. The largest absolute Gasteiger partial charge is 0.434 e. The number of rotatable bonds is 4. The van der Waals surface area contributed by atoms with Crippen LogP contribution in [0, 0.1) is 5.92 Å². The van der Waals surface area contributed by atoms with Crippen molar-refractivity contribution >= 4 is 0 Å². The van der Waals surface area contributed by atoms with E-state index in [1.54, 1.807) is 6.92 Å². The molecule has 4 nitrogen and oxygen atoms in total. The Kier molecular flexibility index (Phi) is 3.11. The molecule has 0 amide bonds. The predicted molar refractivity (Wildman–Crippen MR) is 55.2 cm³/mol. The van der Waals surface area contributed by atoms with Gasteiger partial charge in [-0.15, -0.1) is 5.10 Å². The van der Waals surface area contributed by atoms with Crippen LogP contribution in [0.3, 0.4) is 0 Å². The molecule has 0 saturated heterocycles. The lowest BCUT2D eigenvalue weighted by atomic mass is 10.2. The van der Waals surface area contributed by atoms with Crippen molar-refractivity contribution in [1.29, 1.82) is 0 Å². The molecule has 1 unspecified atom stereocenters. The standard InChI is InChI=1S/C10H15F3N4/c1-6(7-2-3-7)17-9(10(11,12)13)8(4-5-14)15-16-17/h6-7H,2-5,14H2,1H3. The van der Waals surface area contributed by atoms with Gasteiger partial charge in [-0.1, -0.05) is 5.21 Å². The summed E-state index contributed by atoms with van der Waals surface area (Å²) in [6.07, 6.45) is -2.39. The summed E-state index contributed by atoms with van der Waals surface area (Å²) in [5.74, 6) is 0.295. The third-order valence-electron chi connectivity index (χ3n) is 3.10. The van der Waals surface area contributed by atoms with Crippen molar-refractivity contribution in [2.45, 2.75) is 38.4 Å². The van der Waals surface area contributed by atoms with Crippen LogP contribution in [0.4, 0.5) is 13.2 Å². The van der Waals surface area contributed by atoms with Gasteiger partial charge in [0.2, 0.25) is 0 Å². The van der Waals surface area contributed by atoms with Crippen molar-refractivity contribution in [3.8, 4) is 0 Å². The molecule has 1 saturated carbocycles. The van der Waals surface area contributed by atoms with E-state index < -0.39 is 11.9 Å². The van der Waals surface area contributed by atoms with E-state index in [2.05, 4.69) is 10.3 Å². The van der Waals surface area contributed by atoms with E-state index in [9.17, 15) is 13.2 Å². The van der Waals surface area contributed by atoms with Gasteiger partial charge >= 0.3 is 6.18 Å². The highest BCUT2D eigenvalue weighted by atomic mass is 19.4. The van der Waals surface area contributed by atoms with E-state index in [-0.39, 0.29) is 24.7 Å². The van der Waals surface area contributed by atoms with Gasteiger partial charge in [-0.05, 0) is 32.2 Å². The summed E-state index contributed by atoms with van der Waals surface area (Å²) in [4.78, 5) is 0. The predicted octanol–water partition coefficient (Wildman–Crippen LogP) is 1.77.